The average molecular weight is 465 g/mol. The van der Waals surface area contributed by atoms with Gasteiger partial charge in [0.25, 0.3) is 11.6 Å². The fraction of sp³-hybridized carbons (Fsp3) is 0.435. The number of carbonyl (C=O) groups excluding carboxylic acids is 1. The molecule has 0 spiro atoms. The number of likely N-dealkylation sites (tertiary alicyclic amines) is 1. The molecule has 0 aromatic heterocycles. The van der Waals surface area contributed by atoms with Crippen LogP contribution in [0.25, 0.3) is 0 Å². The quantitative estimate of drug-likeness (QED) is 0.310. The monoisotopic (exact) mass is 464 g/mol. The molecule has 1 fully saturated rings. The van der Waals surface area contributed by atoms with Crippen LogP contribution in [0.5, 0.6) is 0 Å². The Balaban J connectivity index is 0.00000363. The van der Waals surface area contributed by atoms with E-state index in [1.165, 1.54) is 43.9 Å². The highest BCUT2D eigenvalue weighted by Crippen LogP contribution is 2.26. The molecule has 0 atom stereocenters. The molecule has 7 nitrogen and oxygen atoms in total. The van der Waals surface area contributed by atoms with E-state index in [1.54, 1.807) is 25.1 Å². The molecule has 174 valence electrons. The Hall–Kier alpha value is -2.71. The molecule has 0 saturated carbocycles. The second-order valence-corrected chi connectivity index (χ2v) is 7.94. The van der Waals surface area contributed by atoms with Gasteiger partial charge in [-0.15, -0.1) is 12.4 Å². The summed E-state index contributed by atoms with van der Waals surface area (Å²) in [5.41, 5.74) is 1.14. The summed E-state index contributed by atoms with van der Waals surface area (Å²) >= 11 is 0. The number of aryl methyl sites for hydroxylation is 1. The Morgan fingerprint density at radius 2 is 1.84 bits per heavy atom. The van der Waals surface area contributed by atoms with Crippen molar-refractivity contribution in [3.8, 4) is 0 Å². The minimum atomic E-state index is -0.529. The van der Waals surface area contributed by atoms with E-state index in [4.69, 9.17) is 0 Å². The Morgan fingerprint density at radius 3 is 2.50 bits per heavy atom. The number of hydrogen-bond donors (Lipinski definition) is 2. The molecule has 1 amide bonds. The van der Waals surface area contributed by atoms with Gasteiger partial charge < -0.3 is 15.5 Å². The molecule has 0 unspecified atom stereocenters. The van der Waals surface area contributed by atoms with E-state index < -0.39 is 16.6 Å². The number of carbonyl (C=O) groups is 1. The summed E-state index contributed by atoms with van der Waals surface area (Å²) in [4.78, 5) is 26.0. The van der Waals surface area contributed by atoms with E-state index in [-0.39, 0.29) is 23.7 Å². The van der Waals surface area contributed by atoms with Gasteiger partial charge in [0.2, 0.25) is 0 Å². The summed E-state index contributed by atoms with van der Waals surface area (Å²) < 4.78 is 13.7. The molecule has 0 aliphatic carbocycles. The maximum absolute atomic E-state index is 13.7. The van der Waals surface area contributed by atoms with Crippen molar-refractivity contribution in [2.45, 2.75) is 39.0 Å². The van der Waals surface area contributed by atoms with E-state index in [0.29, 0.717) is 23.5 Å². The fourth-order valence-electron chi connectivity index (χ4n) is 3.73. The predicted octanol–water partition coefficient (Wildman–Crippen LogP) is 5.39. The first-order chi connectivity index (χ1) is 14.9. The maximum Gasteiger partial charge on any atom is 0.293 e. The van der Waals surface area contributed by atoms with Crippen LogP contribution in [0.4, 0.5) is 21.5 Å². The molecule has 1 aliphatic rings. The van der Waals surface area contributed by atoms with Crippen LogP contribution in [0.15, 0.2) is 36.4 Å². The van der Waals surface area contributed by atoms with E-state index in [1.807, 2.05) is 0 Å². The summed E-state index contributed by atoms with van der Waals surface area (Å²) in [6.07, 6.45) is 5.94. The maximum atomic E-state index is 13.7. The van der Waals surface area contributed by atoms with Gasteiger partial charge >= 0.3 is 0 Å². The first-order valence-electron chi connectivity index (χ1n) is 10.8. The lowest BCUT2D eigenvalue weighted by Gasteiger charge is -2.19. The normalized spacial score (nSPS) is 14.2. The minimum Gasteiger partial charge on any atom is -0.379 e. The zero-order chi connectivity index (χ0) is 22.2. The molecule has 1 aliphatic heterocycles. The van der Waals surface area contributed by atoms with E-state index >= 15 is 0 Å². The highest BCUT2D eigenvalue weighted by Gasteiger charge is 2.18. The molecular weight excluding hydrogens is 435 g/mol. The van der Waals surface area contributed by atoms with Gasteiger partial charge in [-0.2, -0.15) is 0 Å². The van der Waals surface area contributed by atoms with Crippen molar-refractivity contribution in [3.05, 3.63) is 63.5 Å². The fourth-order valence-corrected chi connectivity index (χ4v) is 3.73. The van der Waals surface area contributed by atoms with Gasteiger partial charge in [-0.1, -0.05) is 18.9 Å². The molecule has 32 heavy (non-hydrogen) atoms. The Labute approximate surface area is 193 Å². The number of anilines is 2. The summed E-state index contributed by atoms with van der Waals surface area (Å²) in [6, 6.07) is 8.70. The summed E-state index contributed by atoms with van der Waals surface area (Å²) in [6.45, 7) is 5.45. The SMILES string of the molecule is Cc1ccc(NC(=O)c2ccc(NCCCN3CCCCCC3)c([N+](=O)[O-])c2)cc1F.Cl. The van der Waals surface area contributed by atoms with Crippen LogP contribution in [-0.4, -0.2) is 41.9 Å². The molecule has 1 saturated heterocycles. The Bertz CT molecular complexity index is 933. The highest BCUT2D eigenvalue weighted by atomic mass is 35.5. The largest absolute Gasteiger partial charge is 0.379 e. The van der Waals surface area contributed by atoms with Crippen LogP contribution >= 0.6 is 12.4 Å². The smallest absolute Gasteiger partial charge is 0.293 e. The van der Waals surface area contributed by atoms with Gasteiger partial charge in [0, 0.05) is 23.9 Å². The lowest BCUT2D eigenvalue weighted by molar-refractivity contribution is -0.384. The summed E-state index contributed by atoms with van der Waals surface area (Å²) in [5, 5.41) is 17.2. The van der Waals surface area contributed by atoms with Gasteiger partial charge in [0.05, 0.1) is 4.92 Å². The Kier molecular flexibility index (Phi) is 9.87. The van der Waals surface area contributed by atoms with E-state index in [0.717, 1.165) is 26.1 Å². The van der Waals surface area contributed by atoms with Crippen molar-refractivity contribution in [1.29, 1.82) is 0 Å². The third kappa shape index (κ3) is 7.17. The molecule has 3 rings (SSSR count). The average Bonchev–Trinajstić information content (AvgIpc) is 3.02. The van der Waals surface area contributed by atoms with Crippen LogP contribution in [0.1, 0.15) is 48.0 Å². The third-order valence-electron chi connectivity index (χ3n) is 5.55. The van der Waals surface area contributed by atoms with Crippen LogP contribution in [-0.2, 0) is 0 Å². The van der Waals surface area contributed by atoms with E-state index in [9.17, 15) is 19.3 Å². The summed E-state index contributed by atoms with van der Waals surface area (Å²) in [7, 11) is 0. The number of nitrogens with zero attached hydrogens (tertiary/aromatic N) is 2. The van der Waals surface area contributed by atoms with Crippen molar-refractivity contribution in [3.63, 3.8) is 0 Å². The van der Waals surface area contributed by atoms with Crippen molar-refractivity contribution in [1.82, 2.24) is 4.90 Å². The number of rotatable bonds is 8. The van der Waals surface area contributed by atoms with Gasteiger partial charge in [-0.05, 0) is 75.6 Å². The minimum absolute atomic E-state index is 0. The lowest BCUT2D eigenvalue weighted by Crippen LogP contribution is -2.27. The number of amides is 1. The van der Waals surface area contributed by atoms with Crippen LogP contribution in [0.3, 0.4) is 0 Å². The number of hydrogen-bond acceptors (Lipinski definition) is 5. The second-order valence-electron chi connectivity index (χ2n) is 7.94. The second kappa shape index (κ2) is 12.4. The van der Waals surface area contributed by atoms with Crippen molar-refractivity contribution in [2.24, 2.45) is 0 Å². The van der Waals surface area contributed by atoms with Crippen LogP contribution in [0.2, 0.25) is 0 Å². The number of benzene rings is 2. The van der Waals surface area contributed by atoms with Crippen molar-refractivity contribution < 1.29 is 14.1 Å². The lowest BCUT2D eigenvalue weighted by atomic mass is 10.1. The topological polar surface area (TPSA) is 87.5 Å². The zero-order valence-corrected chi connectivity index (χ0v) is 19.0. The molecule has 2 N–H and O–H groups in total. The number of halogens is 2. The number of nitrogens with one attached hydrogen (secondary N) is 2. The van der Waals surface area contributed by atoms with Gasteiger partial charge in [-0.3, -0.25) is 14.9 Å². The van der Waals surface area contributed by atoms with Gasteiger partial charge in [0.15, 0.2) is 0 Å². The van der Waals surface area contributed by atoms with Crippen LogP contribution < -0.4 is 10.6 Å². The van der Waals surface area contributed by atoms with Crippen molar-refractivity contribution >= 4 is 35.4 Å². The molecule has 9 heteroatoms. The van der Waals surface area contributed by atoms with Crippen LogP contribution in [0, 0.1) is 22.9 Å². The standard InChI is InChI=1S/C23H29FN4O3.ClH/c1-17-7-9-19(16-20(17)24)26-23(29)18-8-10-21(22(15-18)28(30)31)25-11-6-14-27-12-4-2-3-5-13-27;/h7-10,15-16,25H,2-6,11-14H2,1H3,(H,26,29);1H. The number of nitro benzene ring substituents is 1. The first kappa shape index (κ1) is 25.5. The molecular formula is C23H30ClFN4O3. The molecule has 0 bridgehead atoms. The van der Waals surface area contributed by atoms with Crippen molar-refractivity contribution in [2.75, 3.05) is 36.8 Å². The molecule has 2 aromatic rings. The highest BCUT2D eigenvalue weighted by molar-refractivity contribution is 6.05. The van der Waals surface area contributed by atoms with Gasteiger partial charge in [0.1, 0.15) is 11.5 Å². The first-order valence-corrected chi connectivity index (χ1v) is 10.8. The molecule has 0 radical (unpaired) electrons. The third-order valence-corrected chi connectivity index (χ3v) is 5.55. The van der Waals surface area contributed by atoms with Gasteiger partial charge in [-0.25, -0.2) is 4.39 Å². The molecule has 2 aromatic carbocycles. The summed E-state index contributed by atoms with van der Waals surface area (Å²) in [5.74, 6) is -0.956. The van der Waals surface area contributed by atoms with E-state index in [2.05, 4.69) is 15.5 Å². The molecule has 1 heterocycles. The predicted molar refractivity (Wildman–Crippen MR) is 127 cm³/mol. The Morgan fingerprint density at radius 1 is 1.12 bits per heavy atom. The zero-order valence-electron chi connectivity index (χ0n) is 18.2. The number of nitro groups is 1.